The summed E-state index contributed by atoms with van der Waals surface area (Å²) in [5, 5.41) is 9.00. The van der Waals surface area contributed by atoms with Crippen LogP contribution in [0.15, 0.2) is 18.2 Å². The Morgan fingerprint density at radius 2 is 2.24 bits per heavy atom. The Bertz CT molecular complexity index is 487. The summed E-state index contributed by atoms with van der Waals surface area (Å²) in [4.78, 5) is 23.8. The summed E-state index contributed by atoms with van der Waals surface area (Å²) in [5.41, 5.74) is 0.773. The molecular weight excluding hydrogens is 225 g/mol. The van der Waals surface area contributed by atoms with Gasteiger partial charge in [-0.2, -0.15) is 0 Å². The van der Waals surface area contributed by atoms with E-state index in [1.807, 2.05) is 0 Å². The second-order valence-electron chi connectivity index (χ2n) is 4.09. The molecule has 0 bridgehead atoms. The van der Waals surface area contributed by atoms with Gasteiger partial charge in [-0.15, -0.1) is 0 Å². The number of benzene rings is 1. The van der Waals surface area contributed by atoms with E-state index in [1.165, 1.54) is 12.1 Å². The summed E-state index contributed by atoms with van der Waals surface area (Å²) in [6.45, 7) is 1.61. The molecule has 1 saturated heterocycles. The monoisotopic (exact) mass is 237 g/mol. The third-order valence-corrected chi connectivity index (χ3v) is 2.93. The molecule has 1 heterocycles. The van der Waals surface area contributed by atoms with E-state index in [1.54, 1.807) is 13.0 Å². The molecular formula is C12H12FNO3. The van der Waals surface area contributed by atoms with Gasteiger partial charge in [-0.3, -0.25) is 9.69 Å². The second kappa shape index (κ2) is 4.16. The zero-order valence-corrected chi connectivity index (χ0v) is 9.31. The van der Waals surface area contributed by atoms with Crippen LogP contribution in [0.5, 0.6) is 0 Å². The lowest BCUT2D eigenvalue weighted by atomic mass is 10.1. The summed E-state index contributed by atoms with van der Waals surface area (Å²) < 4.78 is 13.4. The van der Waals surface area contributed by atoms with E-state index in [0.717, 1.165) is 4.90 Å². The standard InChI is InChI=1S/C12H12FNO3/c1-7-2-3-8(6-9(7)13)14-10(12(16)17)4-5-11(14)15/h2-3,6,10H,4-5H2,1H3,(H,16,17)/t10-/m0/s1. The Labute approximate surface area is 97.7 Å². The molecule has 17 heavy (non-hydrogen) atoms. The minimum absolute atomic E-state index is 0.187. The maximum atomic E-state index is 13.4. The highest BCUT2D eigenvalue weighted by molar-refractivity contribution is 6.02. The average molecular weight is 237 g/mol. The van der Waals surface area contributed by atoms with Crippen LogP contribution in [0.3, 0.4) is 0 Å². The molecule has 4 nitrogen and oxygen atoms in total. The van der Waals surface area contributed by atoms with E-state index in [0.29, 0.717) is 11.3 Å². The number of aliphatic carboxylic acids is 1. The average Bonchev–Trinajstić information content (AvgIpc) is 2.64. The van der Waals surface area contributed by atoms with Gasteiger partial charge >= 0.3 is 5.97 Å². The van der Waals surface area contributed by atoms with Gasteiger partial charge in [0.1, 0.15) is 11.9 Å². The molecule has 0 saturated carbocycles. The molecule has 1 aromatic carbocycles. The summed E-state index contributed by atoms with van der Waals surface area (Å²) in [7, 11) is 0. The van der Waals surface area contributed by atoms with Crippen molar-refractivity contribution in [1.29, 1.82) is 0 Å². The number of carbonyl (C=O) groups excluding carboxylic acids is 1. The largest absolute Gasteiger partial charge is 0.480 e. The molecule has 0 aromatic heterocycles. The van der Waals surface area contributed by atoms with Gasteiger partial charge in [0.15, 0.2) is 0 Å². The first-order valence-corrected chi connectivity index (χ1v) is 5.31. The van der Waals surface area contributed by atoms with Crippen molar-refractivity contribution in [2.45, 2.75) is 25.8 Å². The number of hydrogen-bond acceptors (Lipinski definition) is 2. The van der Waals surface area contributed by atoms with E-state index in [-0.39, 0.29) is 18.7 Å². The SMILES string of the molecule is Cc1ccc(N2C(=O)CC[C@H]2C(=O)O)cc1F. The van der Waals surface area contributed by atoms with Gasteiger partial charge < -0.3 is 5.11 Å². The van der Waals surface area contributed by atoms with E-state index in [9.17, 15) is 14.0 Å². The van der Waals surface area contributed by atoms with E-state index < -0.39 is 17.8 Å². The van der Waals surface area contributed by atoms with Gasteiger partial charge in [0.2, 0.25) is 5.91 Å². The highest BCUT2D eigenvalue weighted by Crippen LogP contribution is 2.28. The Kier molecular flexibility index (Phi) is 2.83. The van der Waals surface area contributed by atoms with Crippen LogP contribution in [0.25, 0.3) is 0 Å². The van der Waals surface area contributed by atoms with Gasteiger partial charge in [0.25, 0.3) is 0 Å². The summed E-state index contributed by atoms with van der Waals surface area (Å²) >= 11 is 0. The Morgan fingerprint density at radius 1 is 1.53 bits per heavy atom. The van der Waals surface area contributed by atoms with Crippen LogP contribution in [0.2, 0.25) is 0 Å². The third kappa shape index (κ3) is 2.00. The van der Waals surface area contributed by atoms with Crippen molar-refractivity contribution in [1.82, 2.24) is 0 Å². The van der Waals surface area contributed by atoms with Crippen LogP contribution in [-0.4, -0.2) is 23.0 Å². The molecule has 1 fully saturated rings. The molecule has 0 unspecified atom stereocenters. The molecule has 1 N–H and O–H groups in total. The van der Waals surface area contributed by atoms with E-state index in [2.05, 4.69) is 0 Å². The molecule has 1 atom stereocenters. The van der Waals surface area contributed by atoms with Gasteiger partial charge in [-0.05, 0) is 31.0 Å². The number of anilines is 1. The topological polar surface area (TPSA) is 57.6 Å². The number of aryl methyl sites for hydroxylation is 1. The van der Waals surface area contributed by atoms with Gasteiger partial charge in [0, 0.05) is 12.1 Å². The summed E-state index contributed by atoms with van der Waals surface area (Å²) in [6.07, 6.45) is 0.454. The number of carboxylic acids is 1. The van der Waals surface area contributed by atoms with Gasteiger partial charge in [-0.1, -0.05) is 6.07 Å². The number of halogens is 1. The first kappa shape index (κ1) is 11.6. The fourth-order valence-electron chi connectivity index (χ4n) is 1.97. The van der Waals surface area contributed by atoms with Crippen LogP contribution in [0.4, 0.5) is 10.1 Å². The molecule has 0 radical (unpaired) electrons. The molecule has 0 spiro atoms. The van der Waals surface area contributed by atoms with E-state index >= 15 is 0 Å². The zero-order chi connectivity index (χ0) is 12.6. The first-order valence-electron chi connectivity index (χ1n) is 5.31. The highest BCUT2D eigenvalue weighted by Gasteiger charge is 2.37. The lowest BCUT2D eigenvalue weighted by Gasteiger charge is -2.21. The van der Waals surface area contributed by atoms with Crippen molar-refractivity contribution in [2.24, 2.45) is 0 Å². The third-order valence-electron chi connectivity index (χ3n) is 2.93. The summed E-state index contributed by atoms with van der Waals surface area (Å²) in [6, 6.07) is 3.42. The number of carbonyl (C=O) groups is 2. The predicted octanol–water partition coefficient (Wildman–Crippen LogP) is 1.71. The smallest absolute Gasteiger partial charge is 0.326 e. The molecule has 1 amide bonds. The molecule has 2 rings (SSSR count). The maximum Gasteiger partial charge on any atom is 0.326 e. The van der Waals surface area contributed by atoms with Crippen LogP contribution in [0.1, 0.15) is 18.4 Å². The predicted molar refractivity (Wildman–Crippen MR) is 59.3 cm³/mol. The lowest BCUT2D eigenvalue weighted by molar-refractivity contribution is -0.138. The van der Waals surface area contributed by atoms with Crippen LogP contribution in [-0.2, 0) is 9.59 Å². The maximum absolute atomic E-state index is 13.4. The number of nitrogens with zero attached hydrogens (tertiary/aromatic N) is 1. The number of carboxylic acid groups (broad SMARTS) is 1. The molecule has 90 valence electrons. The molecule has 0 aliphatic carbocycles. The molecule has 1 aliphatic rings. The van der Waals surface area contributed by atoms with E-state index in [4.69, 9.17) is 5.11 Å². The van der Waals surface area contributed by atoms with Crippen molar-refractivity contribution in [3.63, 3.8) is 0 Å². The number of rotatable bonds is 2. The Morgan fingerprint density at radius 3 is 2.82 bits per heavy atom. The normalized spacial score (nSPS) is 19.8. The molecule has 5 heteroatoms. The summed E-state index contributed by atoms with van der Waals surface area (Å²) in [5.74, 6) is -1.77. The minimum Gasteiger partial charge on any atom is -0.480 e. The van der Waals surface area contributed by atoms with Crippen molar-refractivity contribution >= 4 is 17.6 Å². The minimum atomic E-state index is -1.06. The van der Waals surface area contributed by atoms with Gasteiger partial charge in [0.05, 0.1) is 0 Å². The second-order valence-corrected chi connectivity index (χ2v) is 4.09. The van der Waals surface area contributed by atoms with Crippen molar-refractivity contribution in [2.75, 3.05) is 4.90 Å². The van der Waals surface area contributed by atoms with Crippen molar-refractivity contribution in [3.8, 4) is 0 Å². The molecule has 1 aromatic rings. The van der Waals surface area contributed by atoms with Crippen molar-refractivity contribution in [3.05, 3.63) is 29.6 Å². The Balaban J connectivity index is 2.39. The number of hydrogen-bond donors (Lipinski definition) is 1. The fraction of sp³-hybridized carbons (Fsp3) is 0.333. The lowest BCUT2D eigenvalue weighted by Crippen LogP contribution is -2.38. The number of amides is 1. The van der Waals surface area contributed by atoms with Crippen LogP contribution < -0.4 is 4.90 Å². The van der Waals surface area contributed by atoms with Crippen molar-refractivity contribution < 1.29 is 19.1 Å². The highest BCUT2D eigenvalue weighted by atomic mass is 19.1. The first-order chi connectivity index (χ1) is 8.00. The molecule has 1 aliphatic heterocycles. The van der Waals surface area contributed by atoms with Crippen LogP contribution >= 0.6 is 0 Å². The van der Waals surface area contributed by atoms with Crippen LogP contribution in [0, 0.1) is 12.7 Å². The fourth-order valence-corrected chi connectivity index (χ4v) is 1.97. The van der Waals surface area contributed by atoms with Gasteiger partial charge in [-0.25, -0.2) is 9.18 Å². The zero-order valence-electron chi connectivity index (χ0n) is 9.31. The quantitative estimate of drug-likeness (QED) is 0.851. The Hall–Kier alpha value is -1.91.